The van der Waals surface area contributed by atoms with Gasteiger partial charge in [-0.15, -0.1) is 0 Å². The first-order valence-corrected chi connectivity index (χ1v) is 4.48. The molecule has 78 valence electrons. The Labute approximate surface area is 88.0 Å². The number of anilines is 1. The monoisotopic (exact) mass is 204 g/mol. The Bertz CT molecular complexity index is 371. The van der Waals surface area contributed by atoms with Gasteiger partial charge in [0.15, 0.2) is 0 Å². The van der Waals surface area contributed by atoms with E-state index in [9.17, 15) is 9.59 Å². The van der Waals surface area contributed by atoms with E-state index in [-0.39, 0.29) is 11.8 Å². The second kappa shape index (κ2) is 5.59. The molecule has 0 saturated heterocycles. The normalized spacial score (nSPS) is 9.93. The number of carbonyl (C=O) groups is 2. The Kier molecular flexibility index (Phi) is 4.09. The fraction of sp³-hybridized carbons (Fsp3) is 0.0909. The van der Waals surface area contributed by atoms with E-state index in [0.29, 0.717) is 5.69 Å². The van der Waals surface area contributed by atoms with Gasteiger partial charge in [-0.2, -0.15) is 0 Å². The molecule has 15 heavy (non-hydrogen) atoms. The summed E-state index contributed by atoms with van der Waals surface area (Å²) in [5.74, 6) is -0.636. The summed E-state index contributed by atoms with van der Waals surface area (Å²) in [7, 11) is 1.50. The Morgan fingerprint density at radius 3 is 2.27 bits per heavy atom. The molecule has 0 saturated carbocycles. The molecule has 0 aromatic heterocycles. The Morgan fingerprint density at radius 2 is 1.67 bits per heavy atom. The number of hydrogen-bond donors (Lipinski definition) is 2. The van der Waals surface area contributed by atoms with Gasteiger partial charge in [-0.05, 0) is 12.1 Å². The number of rotatable bonds is 3. The Morgan fingerprint density at radius 1 is 1.07 bits per heavy atom. The van der Waals surface area contributed by atoms with Crippen molar-refractivity contribution < 1.29 is 9.59 Å². The molecule has 0 aliphatic rings. The number of carbonyl (C=O) groups excluding carboxylic acids is 2. The van der Waals surface area contributed by atoms with Crippen molar-refractivity contribution in [3.05, 3.63) is 42.5 Å². The lowest BCUT2D eigenvalue weighted by Gasteiger charge is -2.00. The minimum Gasteiger partial charge on any atom is -0.356 e. The van der Waals surface area contributed by atoms with Crippen LogP contribution in [0.1, 0.15) is 0 Å². The molecule has 0 fully saturated rings. The van der Waals surface area contributed by atoms with Crippen LogP contribution in [0.5, 0.6) is 0 Å². The zero-order valence-electron chi connectivity index (χ0n) is 8.36. The van der Waals surface area contributed by atoms with Gasteiger partial charge in [-0.1, -0.05) is 18.2 Å². The van der Waals surface area contributed by atoms with E-state index in [1.165, 1.54) is 19.2 Å². The SMILES string of the molecule is CNC(=O)/C=C/C(=O)Nc1ccccc1. The number of para-hydroxylation sites is 1. The van der Waals surface area contributed by atoms with Crippen LogP contribution >= 0.6 is 0 Å². The highest BCUT2D eigenvalue weighted by Crippen LogP contribution is 2.04. The number of likely N-dealkylation sites (N-methyl/N-ethyl adjacent to an activating group) is 1. The summed E-state index contributed by atoms with van der Waals surface area (Å²) in [5.41, 5.74) is 0.698. The quantitative estimate of drug-likeness (QED) is 0.719. The number of nitrogens with one attached hydrogen (secondary N) is 2. The van der Waals surface area contributed by atoms with Crippen molar-refractivity contribution in [1.82, 2.24) is 5.32 Å². The Balaban J connectivity index is 2.50. The van der Waals surface area contributed by atoms with Crippen LogP contribution in [0, 0.1) is 0 Å². The maximum absolute atomic E-state index is 11.3. The number of hydrogen-bond acceptors (Lipinski definition) is 2. The summed E-state index contributed by atoms with van der Waals surface area (Å²) in [5, 5.41) is 4.99. The number of amides is 2. The van der Waals surface area contributed by atoms with Crippen LogP contribution in [0.4, 0.5) is 5.69 Å². The number of benzene rings is 1. The molecule has 0 aliphatic carbocycles. The van der Waals surface area contributed by atoms with Gasteiger partial charge in [0.25, 0.3) is 0 Å². The van der Waals surface area contributed by atoms with E-state index in [2.05, 4.69) is 10.6 Å². The first-order chi connectivity index (χ1) is 7.22. The average molecular weight is 204 g/mol. The minimum atomic E-state index is -0.329. The lowest BCUT2D eigenvalue weighted by Crippen LogP contribution is -2.16. The van der Waals surface area contributed by atoms with E-state index >= 15 is 0 Å². The molecule has 0 atom stereocenters. The maximum atomic E-state index is 11.3. The molecule has 1 aromatic rings. The largest absolute Gasteiger partial charge is 0.356 e. The highest BCUT2D eigenvalue weighted by molar-refractivity contribution is 6.03. The summed E-state index contributed by atoms with van der Waals surface area (Å²) in [6, 6.07) is 9.03. The molecule has 0 bridgehead atoms. The van der Waals surface area contributed by atoms with Crippen molar-refractivity contribution >= 4 is 17.5 Å². The van der Waals surface area contributed by atoms with Crippen LogP contribution in [0.3, 0.4) is 0 Å². The standard InChI is InChI=1S/C11H12N2O2/c1-12-10(14)7-8-11(15)13-9-5-3-2-4-6-9/h2-8H,1H3,(H,12,14)(H,13,15)/b8-7+. The van der Waals surface area contributed by atoms with Crippen LogP contribution in [0.25, 0.3) is 0 Å². The van der Waals surface area contributed by atoms with Gasteiger partial charge in [-0.25, -0.2) is 0 Å². The lowest BCUT2D eigenvalue weighted by atomic mass is 10.3. The van der Waals surface area contributed by atoms with Crippen molar-refractivity contribution in [3.63, 3.8) is 0 Å². The van der Waals surface area contributed by atoms with Crippen LogP contribution < -0.4 is 10.6 Å². The van der Waals surface area contributed by atoms with Gasteiger partial charge in [0, 0.05) is 24.9 Å². The first kappa shape index (κ1) is 11.0. The summed E-state index contributed by atoms with van der Waals surface area (Å²) < 4.78 is 0. The smallest absolute Gasteiger partial charge is 0.248 e. The summed E-state index contributed by atoms with van der Waals surface area (Å²) >= 11 is 0. The molecule has 2 N–H and O–H groups in total. The second-order valence-corrected chi connectivity index (χ2v) is 2.80. The zero-order valence-corrected chi connectivity index (χ0v) is 8.36. The molecule has 4 heteroatoms. The molecule has 4 nitrogen and oxygen atoms in total. The van der Waals surface area contributed by atoms with E-state index in [1.807, 2.05) is 18.2 Å². The topological polar surface area (TPSA) is 58.2 Å². The predicted octanol–water partition coefficient (Wildman–Crippen LogP) is 0.927. The Hall–Kier alpha value is -2.10. The van der Waals surface area contributed by atoms with E-state index in [4.69, 9.17) is 0 Å². The van der Waals surface area contributed by atoms with Gasteiger partial charge in [0.05, 0.1) is 0 Å². The molecule has 0 radical (unpaired) electrons. The van der Waals surface area contributed by atoms with Crippen LogP contribution in [0.15, 0.2) is 42.5 Å². The molecule has 1 aromatic carbocycles. The van der Waals surface area contributed by atoms with Crippen LogP contribution in [-0.2, 0) is 9.59 Å². The third-order valence-corrected chi connectivity index (χ3v) is 1.67. The van der Waals surface area contributed by atoms with Crippen molar-refractivity contribution in [1.29, 1.82) is 0 Å². The zero-order chi connectivity index (χ0) is 11.1. The van der Waals surface area contributed by atoms with Crippen molar-refractivity contribution in [2.24, 2.45) is 0 Å². The highest BCUT2D eigenvalue weighted by atomic mass is 16.2. The fourth-order valence-electron chi connectivity index (χ4n) is 0.940. The lowest BCUT2D eigenvalue weighted by molar-refractivity contribution is -0.117. The first-order valence-electron chi connectivity index (χ1n) is 4.48. The van der Waals surface area contributed by atoms with Crippen molar-refractivity contribution in [2.45, 2.75) is 0 Å². The van der Waals surface area contributed by atoms with Crippen LogP contribution in [0.2, 0.25) is 0 Å². The van der Waals surface area contributed by atoms with Gasteiger partial charge < -0.3 is 10.6 Å². The third-order valence-electron chi connectivity index (χ3n) is 1.67. The van der Waals surface area contributed by atoms with Gasteiger partial charge >= 0.3 is 0 Å². The maximum Gasteiger partial charge on any atom is 0.248 e. The summed E-state index contributed by atoms with van der Waals surface area (Å²) in [6.45, 7) is 0. The average Bonchev–Trinajstić information content (AvgIpc) is 2.27. The van der Waals surface area contributed by atoms with Gasteiger partial charge in [-0.3, -0.25) is 9.59 Å². The fourth-order valence-corrected chi connectivity index (χ4v) is 0.940. The molecule has 1 rings (SSSR count). The molecular weight excluding hydrogens is 192 g/mol. The molecule has 0 aliphatic heterocycles. The molecular formula is C11H12N2O2. The van der Waals surface area contributed by atoms with E-state index < -0.39 is 0 Å². The van der Waals surface area contributed by atoms with Gasteiger partial charge in [0.2, 0.25) is 11.8 Å². The minimum absolute atomic E-state index is 0.307. The molecule has 0 heterocycles. The predicted molar refractivity (Wildman–Crippen MR) is 58.3 cm³/mol. The van der Waals surface area contributed by atoms with Crippen molar-refractivity contribution in [2.75, 3.05) is 12.4 Å². The highest BCUT2D eigenvalue weighted by Gasteiger charge is 1.97. The summed E-state index contributed by atoms with van der Waals surface area (Å²) in [4.78, 5) is 22.0. The van der Waals surface area contributed by atoms with Crippen LogP contribution in [-0.4, -0.2) is 18.9 Å². The third kappa shape index (κ3) is 4.08. The summed E-state index contributed by atoms with van der Waals surface area (Å²) in [6.07, 6.45) is 2.37. The van der Waals surface area contributed by atoms with Gasteiger partial charge in [0.1, 0.15) is 0 Å². The van der Waals surface area contributed by atoms with E-state index in [0.717, 1.165) is 0 Å². The second-order valence-electron chi connectivity index (χ2n) is 2.80. The molecule has 0 unspecified atom stereocenters. The molecule has 2 amide bonds. The van der Waals surface area contributed by atoms with Crippen molar-refractivity contribution in [3.8, 4) is 0 Å². The molecule has 0 spiro atoms. The van der Waals surface area contributed by atoms with E-state index in [1.54, 1.807) is 12.1 Å².